The highest BCUT2D eigenvalue weighted by Gasteiger charge is 2.17. The van der Waals surface area contributed by atoms with E-state index in [2.05, 4.69) is 41.0 Å². The molecule has 6 rings (SSSR count). The normalized spacial score (nSPS) is 14.1. The number of amides is 1. The van der Waals surface area contributed by atoms with Crippen LogP contribution in [0.5, 0.6) is 0 Å². The number of imidazole rings is 1. The second kappa shape index (κ2) is 11.1. The first-order valence-electron chi connectivity index (χ1n) is 13.0. The number of hydrogen-bond donors (Lipinski definition) is 2. The largest absolute Gasteiger partial charge is 0.328 e. The Labute approximate surface area is 232 Å². The van der Waals surface area contributed by atoms with Crippen molar-refractivity contribution in [1.29, 1.82) is 0 Å². The third-order valence-electron chi connectivity index (χ3n) is 6.69. The first-order valence-corrected chi connectivity index (χ1v) is 13.8. The Morgan fingerprint density at radius 2 is 1.93 bits per heavy atom. The number of likely N-dealkylation sites (tertiary alicyclic amines) is 1. The van der Waals surface area contributed by atoms with Gasteiger partial charge in [0, 0.05) is 36.3 Å². The lowest BCUT2D eigenvalue weighted by molar-refractivity contribution is -0.116. The maximum Gasteiger partial charge on any atom is 0.246 e. The molecule has 5 heterocycles. The molecule has 0 saturated carbocycles. The minimum atomic E-state index is -1.03. The van der Waals surface area contributed by atoms with E-state index in [-0.39, 0.29) is 12.2 Å². The number of hydrogen-bond acceptors (Lipinski definition) is 8. The van der Waals surface area contributed by atoms with Crippen LogP contribution < -0.4 is 10.6 Å². The molecule has 1 aromatic carbocycles. The Hall–Kier alpha value is -4.23. The van der Waals surface area contributed by atoms with Crippen molar-refractivity contribution in [3.05, 3.63) is 72.1 Å². The quantitative estimate of drug-likeness (QED) is 0.274. The van der Waals surface area contributed by atoms with Crippen molar-refractivity contribution in [3.63, 3.8) is 0 Å². The number of nitrogens with one attached hydrogen (secondary N) is 2. The Morgan fingerprint density at radius 1 is 1.07 bits per heavy atom. The molecule has 2 N–H and O–H groups in total. The SMILES string of the molecule is Cc1cn2c(-c3cnn(CC(=O)Nc4ccc(F)c(F)c4)c3)cnc2c(Nc2cc(CN3CCCCC3)ns2)n1. The third kappa shape index (κ3) is 5.70. The summed E-state index contributed by atoms with van der Waals surface area (Å²) in [6.07, 6.45) is 10.8. The van der Waals surface area contributed by atoms with Gasteiger partial charge in [-0.15, -0.1) is 0 Å². The summed E-state index contributed by atoms with van der Waals surface area (Å²) in [5.74, 6) is -1.80. The molecule has 13 heteroatoms. The van der Waals surface area contributed by atoms with Crippen molar-refractivity contribution < 1.29 is 13.6 Å². The Kier molecular flexibility index (Phi) is 7.22. The van der Waals surface area contributed by atoms with E-state index in [4.69, 9.17) is 0 Å². The van der Waals surface area contributed by atoms with Crippen LogP contribution in [0.15, 0.2) is 49.1 Å². The van der Waals surface area contributed by atoms with Gasteiger partial charge >= 0.3 is 0 Å². The fourth-order valence-corrected chi connectivity index (χ4v) is 5.48. The summed E-state index contributed by atoms with van der Waals surface area (Å²) in [7, 11) is 0. The Balaban J connectivity index is 1.17. The number of anilines is 3. The van der Waals surface area contributed by atoms with E-state index in [1.165, 1.54) is 41.5 Å². The molecule has 40 heavy (non-hydrogen) atoms. The zero-order valence-corrected chi connectivity index (χ0v) is 22.6. The van der Waals surface area contributed by atoms with Crippen LogP contribution in [0, 0.1) is 18.6 Å². The number of rotatable bonds is 8. The molecule has 10 nitrogen and oxygen atoms in total. The van der Waals surface area contributed by atoms with Crippen LogP contribution in [0.2, 0.25) is 0 Å². The maximum absolute atomic E-state index is 13.4. The summed E-state index contributed by atoms with van der Waals surface area (Å²) < 4.78 is 34.6. The van der Waals surface area contributed by atoms with Gasteiger partial charge < -0.3 is 10.6 Å². The molecule has 4 aromatic heterocycles. The summed E-state index contributed by atoms with van der Waals surface area (Å²) in [5, 5.41) is 11.1. The third-order valence-corrected chi connectivity index (χ3v) is 7.43. The van der Waals surface area contributed by atoms with Crippen LogP contribution in [0.25, 0.3) is 16.9 Å². The lowest BCUT2D eigenvalue weighted by Crippen LogP contribution is -2.29. The first kappa shape index (κ1) is 26.0. The number of aryl methyl sites for hydroxylation is 1. The zero-order chi connectivity index (χ0) is 27.6. The average Bonchev–Trinajstić information content (AvgIpc) is 3.67. The minimum absolute atomic E-state index is 0.103. The Morgan fingerprint density at radius 3 is 2.75 bits per heavy atom. The van der Waals surface area contributed by atoms with Crippen LogP contribution in [-0.4, -0.2) is 52.4 Å². The topological polar surface area (TPSA) is 105 Å². The molecule has 0 unspecified atom stereocenters. The molecule has 0 radical (unpaired) electrons. The van der Waals surface area contributed by atoms with Crippen molar-refractivity contribution in [2.24, 2.45) is 0 Å². The van der Waals surface area contributed by atoms with Gasteiger partial charge in [-0.25, -0.2) is 18.7 Å². The highest BCUT2D eigenvalue weighted by atomic mass is 32.1. The van der Waals surface area contributed by atoms with E-state index in [0.29, 0.717) is 11.5 Å². The standard InChI is InChI=1S/C27H27F2N9OS/c1-17-13-38-23(18-11-31-37(14-18)16-24(39)33-19-5-6-21(28)22(29)9-19)12-30-27(38)26(32-17)34-25-10-20(35-40-25)15-36-7-3-2-4-8-36/h5-6,9-14H,2-4,7-8,15-16H2,1H3,(H,32,34)(H,33,39). The van der Waals surface area contributed by atoms with Crippen molar-refractivity contribution in [2.45, 2.75) is 39.3 Å². The molecular weight excluding hydrogens is 536 g/mol. The molecule has 0 aliphatic carbocycles. The average molecular weight is 564 g/mol. The lowest BCUT2D eigenvalue weighted by Gasteiger charge is -2.25. The predicted molar refractivity (Wildman–Crippen MR) is 148 cm³/mol. The number of carbonyl (C=O) groups is 1. The number of piperidine rings is 1. The number of benzene rings is 1. The number of halogens is 2. The van der Waals surface area contributed by atoms with Gasteiger partial charge in [0.25, 0.3) is 0 Å². The molecule has 0 atom stereocenters. The van der Waals surface area contributed by atoms with Crippen LogP contribution in [0.1, 0.15) is 30.7 Å². The van der Waals surface area contributed by atoms with Crippen LogP contribution in [0.3, 0.4) is 0 Å². The highest BCUT2D eigenvalue weighted by Crippen LogP contribution is 2.28. The van der Waals surface area contributed by atoms with Gasteiger partial charge in [-0.05, 0) is 62.6 Å². The molecule has 1 aliphatic rings. The molecule has 5 aromatic rings. The summed E-state index contributed by atoms with van der Waals surface area (Å²) in [4.78, 5) is 24.2. The summed E-state index contributed by atoms with van der Waals surface area (Å²) in [6.45, 7) is 4.90. The van der Waals surface area contributed by atoms with Crippen molar-refractivity contribution in [2.75, 3.05) is 23.7 Å². The number of fused-ring (bicyclic) bond motifs is 1. The van der Waals surface area contributed by atoms with E-state index in [9.17, 15) is 13.6 Å². The van der Waals surface area contributed by atoms with Gasteiger partial charge in [0.15, 0.2) is 23.1 Å². The second-order valence-electron chi connectivity index (χ2n) is 9.82. The van der Waals surface area contributed by atoms with E-state index >= 15 is 0 Å². The summed E-state index contributed by atoms with van der Waals surface area (Å²) in [5.41, 5.74) is 4.20. The molecule has 0 bridgehead atoms. The molecule has 1 saturated heterocycles. The smallest absolute Gasteiger partial charge is 0.246 e. The van der Waals surface area contributed by atoms with E-state index in [1.54, 1.807) is 18.6 Å². The van der Waals surface area contributed by atoms with Gasteiger partial charge in [0.1, 0.15) is 11.5 Å². The minimum Gasteiger partial charge on any atom is -0.328 e. The van der Waals surface area contributed by atoms with Crippen molar-refractivity contribution in [1.82, 2.24) is 33.4 Å². The molecular formula is C27H27F2N9OS. The highest BCUT2D eigenvalue weighted by molar-refractivity contribution is 7.10. The monoisotopic (exact) mass is 563 g/mol. The molecule has 1 fully saturated rings. The second-order valence-corrected chi connectivity index (χ2v) is 10.6. The fraction of sp³-hybridized carbons (Fsp3) is 0.296. The van der Waals surface area contributed by atoms with Gasteiger partial charge in [0.05, 0.1) is 29.5 Å². The molecule has 0 spiro atoms. The first-order chi connectivity index (χ1) is 19.4. The van der Waals surface area contributed by atoms with Crippen LogP contribution >= 0.6 is 11.5 Å². The van der Waals surface area contributed by atoms with Gasteiger partial charge in [-0.2, -0.15) is 9.47 Å². The number of aromatic nitrogens is 6. The molecule has 1 aliphatic heterocycles. The maximum atomic E-state index is 13.4. The number of nitrogens with zero attached hydrogens (tertiary/aromatic N) is 7. The van der Waals surface area contributed by atoms with Crippen LogP contribution in [-0.2, 0) is 17.9 Å². The Bertz CT molecular complexity index is 1670. The number of carbonyl (C=O) groups excluding carboxylic acids is 1. The van der Waals surface area contributed by atoms with E-state index in [1.807, 2.05) is 17.5 Å². The fourth-order valence-electron chi connectivity index (χ4n) is 4.82. The molecule has 1 amide bonds. The van der Waals surface area contributed by atoms with E-state index < -0.39 is 17.5 Å². The van der Waals surface area contributed by atoms with Gasteiger partial charge in [0.2, 0.25) is 5.91 Å². The van der Waals surface area contributed by atoms with Crippen molar-refractivity contribution in [3.8, 4) is 11.3 Å². The lowest BCUT2D eigenvalue weighted by atomic mass is 10.1. The van der Waals surface area contributed by atoms with Gasteiger partial charge in [-0.1, -0.05) is 6.42 Å². The zero-order valence-electron chi connectivity index (χ0n) is 21.8. The van der Waals surface area contributed by atoms with Crippen LogP contribution in [0.4, 0.5) is 25.3 Å². The van der Waals surface area contributed by atoms with E-state index in [0.717, 1.165) is 59.4 Å². The summed E-state index contributed by atoms with van der Waals surface area (Å²) >= 11 is 1.41. The molecule has 206 valence electrons. The summed E-state index contributed by atoms with van der Waals surface area (Å²) in [6, 6.07) is 5.27. The van der Waals surface area contributed by atoms with Gasteiger partial charge in [-0.3, -0.25) is 18.8 Å². The predicted octanol–water partition coefficient (Wildman–Crippen LogP) is 5.00. The van der Waals surface area contributed by atoms with Crippen molar-refractivity contribution >= 4 is 39.6 Å².